The van der Waals surface area contributed by atoms with E-state index < -0.39 is 5.97 Å². The lowest BCUT2D eigenvalue weighted by Gasteiger charge is -2.16. The molecule has 0 spiro atoms. The fourth-order valence-electron chi connectivity index (χ4n) is 2.20. The zero-order valence-electron chi connectivity index (χ0n) is 11.1. The van der Waals surface area contributed by atoms with E-state index in [1.165, 1.54) is 14.2 Å². The molecule has 102 valence electrons. The Morgan fingerprint density at radius 2 is 2.16 bits per heavy atom. The normalized spacial score (nSPS) is 14.6. The van der Waals surface area contributed by atoms with Gasteiger partial charge >= 0.3 is 5.97 Å². The summed E-state index contributed by atoms with van der Waals surface area (Å²) in [7, 11) is 2.84. The number of likely N-dealkylation sites (tertiary alicyclic amines) is 1. The predicted octanol–water partition coefficient (Wildman–Crippen LogP) is 1.60. The van der Waals surface area contributed by atoms with E-state index in [2.05, 4.69) is 4.74 Å². The van der Waals surface area contributed by atoms with Gasteiger partial charge in [-0.15, -0.1) is 0 Å². The van der Waals surface area contributed by atoms with Crippen molar-refractivity contribution in [2.45, 2.75) is 19.4 Å². The van der Waals surface area contributed by atoms with Crippen molar-refractivity contribution < 1.29 is 19.1 Å². The summed E-state index contributed by atoms with van der Waals surface area (Å²) >= 11 is 0. The van der Waals surface area contributed by atoms with E-state index in [-0.39, 0.29) is 5.91 Å². The van der Waals surface area contributed by atoms with Crippen molar-refractivity contribution in [2.24, 2.45) is 0 Å². The molecule has 1 aromatic carbocycles. The molecule has 5 nitrogen and oxygen atoms in total. The van der Waals surface area contributed by atoms with Gasteiger partial charge in [-0.1, -0.05) is 6.07 Å². The van der Waals surface area contributed by atoms with Crippen LogP contribution in [-0.2, 0) is 16.1 Å². The van der Waals surface area contributed by atoms with Crippen LogP contribution in [0.5, 0.6) is 5.75 Å². The average Bonchev–Trinajstić information content (AvgIpc) is 2.83. The fraction of sp³-hybridized carbons (Fsp3) is 0.429. The number of carbonyl (C=O) groups is 2. The lowest BCUT2D eigenvalue weighted by Crippen LogP contribution is -2.23. The Bertz CT molecular complexity index is 498. The quantitative estimate of drug-likeness (QED) is 0.774. The minimum Gasteiger partial charge on any atom is -0.496 e. The number of benzene rings is 1. The van der Waals surface area contributed by atoms with Crippen molar-refractivity contribution in [2.75, 3.05) is 20.8 Å². The van der Waals surface area contributed by atoms with Gasteiger partial charge in [0.15, 0.2) is 0 Å². The standard InChI is InChI=1S/C14H17NO4/c1-18-12-8-10(5-6-11(12)14(17)19-2)9-15-7-3-4-13(15)16/h5-6,8H,3-4,7,9H2,1-2H3. The van der Waals surface area contributed by atoms with Crippen LogP contribution in [0.1, 0.15) is 28.8 Å². The summed E-state index contributed by atoms with van der Waals surface area (Å²) in [6.45, 7) is 1.34. The van der Waals surface area contributed by atoms with Crippen LogP contribution in [0.15, 0.2) is 18.2 Å². The Balaban J connectivity index is 2.19. The molecule has 1 aliphatic heterocycles. The van der Waals surface area contributed by atoms with Crippen LogP contribution in [-0.4, -0.2) is 37.5 Å². The van der Waals surface area contributed by atoms with Crippen molar-refractivity contribution in [3.8, 4) is 5.75 Å². The van der Waals surface area contributed by atoms with Crippen LogP contribution < -0.4 is 4.74 Å². The number of hydrogen-bond donors (Lipinski definition) is 0. The van der Waals surface area contributed by atoms with Crippen molar-refractivity contribution in [1.82, 2.24) is 4.90 Å². The number of methoxy groups -OCH3 is 2. The maximum absolute atomic E-state index is 11.6. The Morgan fingerprint density at radius 1 is 1.37 bits per heavy atom. The van der Waals surface area contributed by atoms with Crippen molar-refractivity contribution in [1.29, 1.82) is 0 Å². The number of rotatable bonds is 4. The molecule has 0 bridgehead atoms. The molecule has 5 heteroatoms. The third kappa shape index (κ3) is 2.86. The highest BCUT2D eigenvalue weighted by molar-refractivity contribution is 5.92. The van der Waals surface area contributed by atoms with Gasteiger partial charge in [-0.05, 0) is 24.1 Å². The molecule has 0 saturated carbocycles. The Kier molecular flexibility index (Phi) is 4.04. The fourth-order valence-corrected chi connectivity index (χ4v) is 2.20. The molecule has 1 aliphatic rings. The van der Waals surface area contributed by atoms with E-state index in [0.717, 1.165) is 18.5 Å². The minimum atomic E-state index is -0.430. The van der Waals surface area contributed by atoms with Gasteiger partial charge in [-0.25, -0.2) is 4.79 Å². The minimum absolute atomic E-state index is 0.177. The smallest absolute Gasteiger partial charge is 0.341 e. The van der Waals surface area contributed by atoms with E-state index in [1.54, 1.807) is 12.1 Å². The molecular formula is C14H17NO4. The van der Waals surface area contributed by atoms with Gasteiger partial charge in [0.2, 0.25) is 5.91 Å². The van der Waals surface area contributed by atoms with Crippen molar-refractivity contribution in [3.63, 3.8) is 0 Å². The van der Waals surface area contributed by atoms with E-state index in [1.807, 2.05) is 11.0 Å². The topological polar surface area (TPSA) is 55.8 Å². The summed E-state index contributed by atoms with van der Waals surface area (Å²) in [4.78, 5) is 24.9. The molecule has 1 amide bonds. The monoisotopic (exact) mass is 263 g/mol. The third-order valence-electron chi connectivity index (χ3n) is 3.22. The Morgan fingerprint density at radius 3 is 2.74 bits per heavy atom. The molecule has 0 N–H and O–H groups in total. The van der Waals surface area contributed by atoms with Crippen LogP contribution in [0.3, 0.4) is 0 Å². The van der Waals surface area contributed by atoms with Gasteiger partial charge in [0.1, 0.15) is 11.3 Å². The first-order chi connectivity index (χ1) is 9.15. The average molecular weight is 263 g/mol. The third-order valence-corrected chi connectivity index (χ3v) is 3.22. The van der Waals surface area contributed by atoms with Gasteiger partial charge < -0.3 is 14.4 Å². The van der Waals surface area contributed by atoms with Crippen LogP contribution in [0.25, 0.3) is 0 Å². The van der Waals surface area contributed by atoms with Crippen LogP contribution in [0.2, 0.25) is 0 Å². The highest BCUT2D eigenvalue weighted by atomic mass is 16.5. The lowest BCUT2D eigenvalue weighted by atomic mass is 10.1. The highest BCUT2D eigenvalue weighted by Gasteiger charge is 2.21. The van der Waals surface area contributed by atoms with Gasteiger partial charge in [-0.3, -0.25) is 4.79 Å². The van der Waals surface area contributed by atoms with E-state index >= 15 is 0 Å². The first kappa shape index (κ1) is 13.4. The maximum Gasteiger partial charge on any atom is 0.341 e. The molecule has 1 saturated heterocycles. The first-order valence-electron chi connectivity index (χ1n) is 6.18. The van der Waals surface area contributed by atoms with Crippen LogP contribution in [0.4, 0.5) is 0 Å². The summed E-state index contributed by atoms with van der Waals surface area (Å²) in [6.07, 6.45) is 1.54. The lowest BCUT2D eigenvalue weighted by molar-refractivity contribution is -0.128. The molecule has 1 fully saturated rings. The number of ether oxygens (including phenoxy) is 2. The molecule has 0 atom stereocenters. The van der Waals surface area contributed by atoms with Crippen LogP contribution >= 0.6 is 0 Å². The molecule has 1 heterocycles. The highest BCUT2D eigenvalue weighted by Crippen LogP contribution is 2.23. The van der Waals surface area contributed by atoms with Gasteiger partial charge in [0.25, 0.3) is 0 Å². The second-order valence-electron chi connectivity index (χ2n) is 4.45. The van der Waals surface area contributed by atoms with Gasteiger partial charge in [0.05, 0.1) is 14.2 Å². The second kappa shape index (κ2) is 5.73. The summed E-state index contributed by atoms with van der Waals surface area (Å²) in [5.74, 6) is 0.215. The summed E-state index contributed by atoms with van der Waals surface area (Å²) < 4.78 is 9.88. The molecule has 19 heavy (non-hydrogen) atoms. The maximum atomic E-state index is 11.6. The van der Waals surface area contributed by atoms with E-state index in [0.29, 0.717) is 24.3 Å². The number of carbonyl (C=O) groups excluding carboxylic acids is 2. The Labute approximate surface area is 112 Å². The number of amides is 1. The van der Waals surface area contributed by atoms with Crippen molar-refractivity contribution in [3.05, 3.63) is 29.3 Å². The predicted molar refractivity (Wildman–Crippen MR) is 69.0 cm³/mol. The second-order valence-corrected chi connectivity index (χ2v) is 4.45. The summed E-state index contributed by atoms with van der Waals surface area (Å²) in [5.41, 5.74) is 1.33. The van der Waals surface area contributed by atoms with Gasteiger partial charge in [-0.2, -0.15) is 0 Å². The molecule has 0 radical (unpaired) electrons. The zero-order valence-corrected chi connectivity index (χ0v) is 11.1. The summed E-state index contributed by atoms with van der Waals surface area (Å²) in [6, 6.07) is 5.26. The largest absolute Gasteiger partial charge is 0.496 e. The number of nitrogens with zero attached hydrogens (tertiary/aromatic N) is 1. The Hall–Kier alpha value is -2.04. The van der Waals surface area contributed by atoms with Gasteiger partial charge in [0, 0.05) is 19.5 Å². The molecule has 2 rings (SSSR count). The molecule has 1 aromatic rings. The zero-order chi connectivity index (χ0) is 13.8. The van der Waals surface area contributed by atoms with Crippen molar-refractivity contribution >= 4 is 11.9 Å². The molecule has 0 unspecified atom stereocenters. The number of hydrogen-bond acceptors (Lipinski definition) is 4. The molecule has 0 aromatic heterocycles. The SMILES string of the molecule is COC(=O)c1ccc(CN2CCCC2=O)cc1OC. The van der Waals surface area contributed by atoms with Crippen LogP contribution in [0, 0.1) is 0 Å². The number of esters is 1. The molecule has 0 aliphatic carbocycles. The summed E-state index contributed by atoms with van der Waals surface area (Å²) in [5, 5.41) is 0. The first-order valence-corrected chi connectivity index (χ1v) is 6.18. The van der Waals surface area contributed by atoms with E-state index in [4.69, 9.17) is 4.74 Å². The molecular weight excluding hydrogens is 246 g/mol. The van der Waals surface area contributed by atoms with E-state index in [9.17, 15) is 9.59 Å².